The van der Waals surface area contributed by atoms with Gasteiger partial charge in [-0.1, -0.05) is 44.1 Å². The molecule has 1 aliphatic rings. The van der Waals surface area contributed by atoms with Crippen molar-refractivity contribution >= 4 is 17.9 Å². The summed E-state index contributed by atoms with van der Waals surface area (Å²) in [5, 5.41) is 10.6. The van der Waals surface area contributed by atoms with Crippen LogP contribution in [0.2, 0.25) is 0 Å². The van der Waals surface area contributed by atoms with Gasteiger partial charge in [-0.25, -0.2) is 0 Å². The van der Waals surface area contributed by atoms with Crippen LogP contribution in [0.25, 0.3) is 0 Å². The number of hydrogen-bond donors (Lipinski definition) is 1. The summed E-state index contributed by atoms with van der Waals surface area (Å²) in [5.74, 6) is -1.25. The van der Waals surface area contributed by atoms with Crippen molar-refractivity contribution in [2.75, 3.05) is 7.11 Å². The van der Waals surface area contributed by atoms with Crippen molar-refractivity contribution in [2.24, 2.45) is 0 Å². The normalized spacial score (nSPS) is 23.0. The quantitative estimate of drug-likeness (QED) is 0.193. The molecule has 0 aliphatic heterocycles. The van der Waals surface area contributed by atoms with Gasteiger partial charge < -0.3 is 19.3 Å². The summed E-state index contributed by atoms with van der Waals surface area (Å²) in [6.45, 7) is 4.83. The number of aliphatic hydroxyl groups is 1. The van der Waals surface area contributed by atoms with E-state index in [2.05, 4.69) is 17.7 Å². The first-order chi connectivity index (χ1) is 15.2. The Morgan fingerprint density at radius 1 is 1.19 bits per heavy atom. The van der Waals surface area contributed by atoms with Crippen LogP contribution >= 0.6 is 0 Å². The summed E-state index contributed by atoms with van der Waals surface area (Å²) in [4.78, 5) is 34.6. The number of hydrogen-bond acceptors (Lipinski definition) is 7. The van der Waals surface area contributed by atoms with E-state index in [0.29, 0.717) is 24.8 Å². The lowest BCUT2D eigenvalue weighted by molar-refractivity contribution is -0.152. The smallest absolute Gasteiger partial charge is 0.305 e. The van der Waals surface area contributed by atoms with Gasteiger partial charge in [0, 0.05) is 32.3 Å². The molecule has 0 aromatic rings. The fourth-order valence-electron chi connectivity index (χ4n) is 3.84. The third-order valence-corrected chi connectivity index (χ3v) is 5.41. The van der Waals surface area contributed by atoms with Crippen molar-refractivity contribution in [1.29, 1.82) is 0 Å². The van der Waals surface area contributed by atoms with Crippen LogP contribution in [0.5, 0.6) is 0 Å². The molecule has 180 valence electrons. The van der Waals surface area contributed by atoms with Crippen LogP contribution in [-0.4, -0.2) is 47.9 Å². The average molecular weight is 451 g/mol. The molecule has 32 heavy (non-hydrogen) atoms. The zero-order valence-corrected chi connectivity index (χ0v) is 19.8. The number of carbonyl (C=O) groups excluding carboxylic acids is 3. The van der Waals surface area contributed by atoms with E-state index in [1.807, 2.05) is 6.08 Å². The highest BCUT2D eigenvalue weighted by Crippen LogP contribution is 2.42. The second-order valence-electron chi connectivity index (χ2n) is 8.08. The van der Waals surface area contributed by atoms with Crippen molar-refractivity contribution in [1.82, 2.24) is 0 Å². The van der Waals surface area contributed by atoms with Crippen molar-refractivity contribution in [2.45, 2.75) is 96.4 Å². The van der Waals surface area contributed by atoms with Crippen molar-refractivity contribution in [3.8, 4) is 0 Å². The van der Waals surface area contributed by atoms with E-state index in [1.165, 1.54) is 27.4 Å². The molecule has 1 rings (SSSR count). The molecule has 3 atom stereocenters. The number of allylic oxidation sites excluding steroid dienone is 3. The molecule has 1 fully saturated rings. The number of aliphatic hydroxyl groups excluding tert-OH is 1. The molecular formula is C25H38O7. The van der Waals surface area contributed by atoms with Gasteiger partial charge in [0.1, 0.15) is 11.7 Å². The summed E-state index contributed by atoms with van der Waals surface area (Å²) in [6, 6.07) is 0. The molecule has 0 unspecified atom stereocenters. The minimum Gasteiger partial charge on any atom is -0.469 e. The third kappa shape index (κ3) is 9.81. The van der Waals surface area contributed by atoms with Crippen LogP contribution in [0, 0.1) is 0 Å². The SMILES string of the molecule is CCCCC/C=C\C[C@]1(OC(C)=O)CC[C@H](O)/C1=C/C=C/[C@@H](CCC(=O)OC)OC(C)=O. The Morgan fingerprint density at radius 3 is 2.56 bits per heavy atom. The fraction of sp³-hybridized carbons (Fsp3) is 0.640. The van der Waals surface area contributed by atoms with Gasteiger partial charge in [-0.3, -0.25) is 14.4 Å². The monoisotopic (exact) mass is 450 g/mol. The van der Waals surface area contributed by atoms with E-state index >= 15 is 0 Å². The average Bonchev–Trinajstić information content (AvgIpc) is 3.03. The van der Waals surface area contributed by atoms with Crippen LogP contribution in [-0.2, 0) is 28.6 Å². The summed E-state index contributed by atoms with van der Waals surface area (Å²) < 4.78 is 15.6. The number of carbonyl (C=O) groups is 3. The molecule has 0 saturated heterocycles. The zero-order valence-electron chi connectivity index (χ0n) is 19.8. The highest BCUT2D eigenvalue weighted by molar-refractivity contribution is 5.69. The van der Waals surface area contributed by atoms with Crippen molar-refractivity contribution < 1.29 is 33.7 Å². The molecule has 0 spiro atoms. The number of unbranched alkanes of at least 4 members (excludes halogenated alkanes) is 3. The van der Waals surface area contributed by atoms with Gasteiger partial charge in [-0.15, -0.1) is 0 Å². The second kappa shape index (κ2) is 14.6. The van der Waals surface area contributed by atoms with E-state index in [9.17, 15) is 19.5 Å². The van der Waals surface area contributed by atoms with E-state index in [-0.39, 0.29) is 18.8 Å². The number of methoxy groups -OCH3 is 1. The van der Waals surface area contributed by atoms with Gasteiger partial charge >= 0.3 is 17.9 Å². The summed E-state index contributed by atoms with van der Waals surface area (Å²) in [7, 11) is 1.30. The maximum atomic E-state index is 11.8. The predicted octanol–water partition coefficient (Wildman–Crippen LogP) is 4.34. The molecule has 7 heteroatoms. The molecule has 0 bridgehead atoms. The lowest BCUT2D eigenvalue weighted by atomic mass is 9.91. The molecule has 7 nitrogen and oxygen atoms in total. The Labute approximate surface area is 191 Å². The van der Waals surface area contributed by atoms with Gasteiger partial charge in [0.05, 0.1) is 13.2 Å². The van der Waals surface area contributed by atoms with Crippen LogP contribution in [0.1, 0.15) is 78.6 Å². The predicted molar refractivity (Wildman–Crippen MR) is 122 cm³/mol. The van der Waals surface area contributed by atoms with E-state index < -0.39 is 29.7 Å². The Balaban J connectivity index is 3.00. The lowest BCUT2D eigenvalue weighted by Crippen LogP contribution is -2.34. The standard InChI is InChI=1S/C25H38O7/c1-5-6-7-8-9-10-17-25(32-20(3)27)18-16-23(28)22(25)13-11-12-21(31-19(2)26)14-15-24(29)30-4/h9-13,21,23,28H,5-8,14-18H2,1-4H3/b10-9-,12-11+,22-13-/t21-,23-,25-/m0/s1. The van der Waals surface area contributed by atoms with E-state index in [4.69, 9.17) is 9.47 Å². The third-order valence-electron chi connectivity index (χ3n) is 5.41. The molecule has 0 aromatic carbocycles. The van der Waals surface area contributed by atoms with Gasteiger partial charge in [0.25, 0.3) is 0 Å². The molecule has 0 aromatic heterocycles. The summed E-state index contributed by atoms with van der Waals surface area (Å²) in [6.07, 6.45) is 14.2. The molecular weight excluding hydrogens is 412 g/mol. The number of rotatable bonds is 13. The first kappa shape index (κ1) is 27.6. The number of ether oxygens (including phenoxy) is 3. The summed E-state index contributed by atoms with van der Waals surface area (Å²) >= 11 is 0. The second-order valence-corrected chi connectivity index (χ2v) is 8.08. The first-order valence-corrected chi connectivity index (χ1v) is 11.4. The largest absolute Gasteiger partial charge is 0.469 e. The van der Waals surface area contributed by atoms with Crippen LogP contribution in [0.4, 0.5) is 0 Å². The Hall–Kier alpha value is -2.41. The minimum absolute atomic E-state index is 0.109. The highest BCUT2D eigenvalue weighted by atomic mass is 16.6. The van der Waals surface area contributed by atoms with Crippen LogP contribution < -0.4 is 0 Å². The van der Waals surface area contributed by atoms with Gasteiger partial charge in [0.15, 0.2) is 0 Å². The summed E-state index contributed by atoms with van der Waals surface area (Å²) in [5.41, 5.74) is -0.267. The molecule has 1 N–H and O–H groups in total. The van der Waals surface area contributed by atoms with Gasteiger partial charge in [-0.05, 0) is 38.2 Å². The zero-order chi connectivity index (χ0) is 24.0. The molecule has 0 radical (unpaired) electrons. The Morgan fingerprint density at radius 2 is 1.94 bits per heavy atom. The molecule has 0 amide bonds. The van der Waals surface area contributed by atoms with E-state index in [1.54, 1.807) is 18.2 Å². The maximum absolute atomic E-state index is 11.8. The Bertz CT molecular complexity index is 707. The minimum atomic E-state index is -0.889. The maximum Gasteiger partial charge on any atom is 0.305 e. The lowest BCUT2D eigenvalue weighted by Gasteiger charge is -2.30. The Kier molecular flexibility index (Phi) is 12.6. The molecule has 1 saturated carbocycles. The van der Waals surface area contributed by atoms with Crippen LogP contribution in [0.15, 0.2) is 36.0 Å². The van der Waals surface area contributed by atoms with Gasteiger partial charge in [0.2, 0.25) is 0 Å². The van der Waals surface area contributed by atoms with Crippen molar-refractivity contribution in [3.63, 3.8) is 0 Å². The van der Waals surface area contributed by atoms with Crippen LogP contribution in [0.3, 0.4) is 0 Å². The van der Waals surface area contributed by atoms with Crippen molar-refractivity contribution in [3.05, 3.63) is 36.0 Å². The highest BCUT2D eigenvalue weighted by Gasteiger charge is 2.45. The molecule has 0 heterocycles. The first-order valence-electron chi connectivity index (χ1n) is 11.4. The number of esters is 3. The van der Waals surface area contributed by atoms with Gasteiger partial charge in [-0.2, -0.15) is 0 Å². The molecule has 1 aliphatic carbocycles. The topological polar surface area (TPSA) is 99.1 Å². The van der Waals surface area contributed by atoms with E-state index in [0.717, 1.165) is 19.3 Å². The fourth-order valence-corrected chi connectivity index (χ4v) is 3.84.